The third-order valence-electron chi connectivity index (χ3n) is 3.43. The molecule has 1 aromatic carbocycles. The monoisotopic (exact) mass is 398 g/mol. The van der Waals surface area contributed by atoms with Gasteiger partial charge in [0.1, 0.15) is 5.75 Å². The van der Waals surface area contributed by atoms with Gasteiger partial charge in [0, 0.05) is 19.6 Å². The molecule has 0 amide bonds. The lowest BCUT2D eigenvalue weighted by Crippen LogP contribution is -2.38. The number of nitrogens with zero attached hydrogens (tertiary/aromatic N) is 1. The Morgan fingerprint density at radius 1 is 1.48 bits per heavy atom. The normalized spacial score (nSPS) is 18.6. The van der Waals surface area contributed by atoms with E-state index in [0.29, 0.717) is 23.4 Å². The number of nitrogens with one attached hydrogen (secondary N) is 1. The lowest BCUT2D eigenvalue weighted by atomic mass is 10.3. The first kappa shape index (κ1) is 18.7. The van der Waals surface area contributed by atoms with Gasteiger partial charge in [0.2, 0.25) is 10.0 Å². The molecular weight excluding hydrogens is 380 g/mol. The van der Waals surface area contributed by atoms with Crippen LogP contribution in [-0.4, -0.2) is 45.5 Å². The molecule has 1 aliphatic rings. The molecule has 1 atom stereocenters. The molecule has 0 saturated carbocycles. The van der Waals surface area contributed by atoms with Crippen LogP contribution in [0.5, 0.6) is 5.75 Å². The van der Waals surface area contributed by atoms with Crippen LogP contribution in [0.15, 0.2) is 27.6 Å². The molecule has 0 aliphatic carbocycles. The number of halogens is 2. The second-order valence-electron chi connectivity index (χ2n) is 4.69. The van der Waals surface area contributed by atoms with Crippen LogP contribution >= 0.6 is 28.3 Å². The Labute approximate surface area is 140 Å². The molecule has 1 fully saturated rings. The Bertz CT molecular complexity index is 577. The van der Waals surface area contributed by atoms with E-state index in [9.17, 15) is 8.42 Å². The first-order chi connectivity index (χ1) is 9.46. The zero-order valence-corrected chi connectivity index (χ0v) is 15.2. The van der Waals surface area contributed by atoms with Gasteiger partial charge in [0.15, 0.2) is 0 Å². The predicted molar refractivity (Wildman–Crippen MR) is 88.8 cm³/mol. The molecule has 1 unspecified atom stereocenters. The molecule has 0 spiro atoms. The first-order valence-electron chi connectivity index (χ1n) is 6.58. The highest BCUT2D eigenvalue weighted by molar-refractivity contribution is 9.10. The highest BCUT2D eigenvalue weighted by Gasteiger charge is 2.30. The van der Waals surface area contributed by atoms with Crippen molar-refractivity contribution in [3.05, 3.63) is 22.7 Å². The van der Waals surface area contributed by atoms with Crippen molar-refractivity contribution >= 4 is 38.4 Å². The molecule has 1 aromatic rings. The Balaban J connectivity index is 0.00000220. The fourth-order valence-electron chi connectivity index (χ4n) is 2.23. The second-order valence-corrected chi connectivity index (χ2v) is 7.54. The van der Waals surface area contributed by atoms with Crippen LogP contribution in [0.1, 0.15) is 13.3 Å². The molecule has 2 rings (SSSR count). The maximum absolute atomic E-state index is 12.6. The van der Waals surface area contributed by atoms with E-state index in [2.05, 4.69) is 21.2 Å². The van der Waals surface area contributed by atoms with E-state index in [1.165, 1.54) is 4.31 Å². The van der Waals surface area contributed by atoms with Gasteiger partial charge in [-0.2, -0.15) is 4.31 Å². The molecule has 5 nitrogen and oxygen atoms in total. The summed E-state index contributed by atoms with van der Waals surface area (Å²) in [5, 5.41) is 3.18. The molecule has 1 heterocycles. The summed E-state index contributed by atoms with van der Waals surface area (Å²) in [5.41, 5.74) is 0. The standard InChI is InChI=1S/C13H19BrN2O3S.ClH/c1-3-19-13-5-4-11(8-12(13)14)20(17,18)16(2)10-6-7-15-9-10;/h4-5,8,10,15H,3,6-7,9H2,1-2H3;1H. The van der Waals surface area contributed by atoms with Gasteiger partial charge in [0.05, 0.1) is 16.0 Å². The van der Waals surface area contributed by atoms with Crippen LogP contribution in [0.4, 0.5) is 0 Å². The predicted octanol–water partition coefficient (Wildman–Crippen LogP) is 2.25. The maximum atomic E-state index is 12.6. The Morgan fingerprint density at radius 3 is 2.71 bits per heavy atom. The molecule has 0 aromatic heterocycles. The van der Waals surface area contributed by atoms with Crippen LogP contribution in [0, 0.1) is 0 Å². The molecular formula is C13H20BrClN2O3S. The van der Waals surface area contributed by atoms with E-state index in [-0.39, 0.29) is 23.3 Å². The van der Waals surface area contributed by atoms with Gasteiger partial charge in [-0.25, -0.2) is 8.42 Å². The number of hydrogen-bond acceptors (Lipinski definition) is 4. The number of likely N-dealkylation sites (N-methyl/N-ethyl adjacent to an activating group) is 1. The van der Waals surface area contributed by atoms with Crippen molar-refractivity contribution in [2.24, 2.45) is 0 Å². The van der Waals surface area contributed by atoms with Gasteiger partial charge in [-0.05, 0) is 54.0 Å². The fourth-order valence-corrected chi connectivity index (χ4v) is 4.28. The molecule has 1 N–H and O–H groups in total. The third kappa shape index (κ3) is 4.10. The maximum Gasteiger partial charge on any atom is 0.243 e. The van der Waals surface area contributed by atoms with Crippen LogP contribution in [0.2, 0.25) is 0 Å². The minimum Gasteiger partial charge on any atom is -0.493 e. The van der Waals surface area contributed by atoms with E-state index in [1.54, 1.807) is 25.2 Å². The zero-order valence-electron chi connectivity index (χ0n) is 12.0. The third-order valence-corrected chi connectivity index (χ3v) is 5.95. The highest BCUT2D eigenvalue weighted by Crippen LogP contribution is 2.29. The fraction of sp³-hybridized carbons (Fsp3) is 0.538. The number of benzene rings is 1. The summed E-state index contributed by atoms with van der Waals surface area (Å²) in [6, 6.07) is 4.88. The lowest BCUT2D eigenvalue weighted by molar-refractivity contribution is 0.337. The van der Waals surface area contributed by atoms with Crippen molar-refractivity contribution in [1.82, 2.24) is 9.62 Å². The van der Waals surface area contributed by atoms with Crippen molar-refractivity contribution in [3.8, 4) is 5.75 Å². The van der Waals surface area contributed by atoms with Crippen molar-refractivity contribution in [2.45, 2.75) is 24.3 Å². The number of ether oxygens (including phenoxy) is 1. The summed E-state index contributed by atoms with van der Waals surface area (Å²) in [5.74, 6) is 0.650. The molecule has 1 aliphatic heterocycles. The zero-order chi connectivity index (χ0) is 14.8. The van der Waals surface area contributed by atoms with Crippen LogP contribution in [0.3, 0.4) is 0 Å². The summed E-state index contributed by atoms with van der Waals surface area (Å²) in [7, 11) is -1.83. The summed E-state index contributed by atoms with van der Waals surface area (Å²) >= 11 is 3.35. The SMILES string of the molecule is CCOc1ccc(S(=O)(=O)N(C)C2CCNC2)cc1Br.Cl. The average Bonchev–Trinajstić information content (AvgIpc) is 2.94. The summed E-state index contributed by atoms with van der Waals surface area (Å²) < 4.78 is 32.7. The van der Waals surface area contributed by atoms with E-state index >= 15 is 0 Å². The minimum atomic E-state index is -3.47. The van der Waals surface area contributed by atoms with Crippen LogP contribution < -0.4 is 10.1 Å². The number of sulfonamides is 1. The molecule has 0 bridgehead atoms. The van der Waals surface area contributed by atoms with Gasteiger partial charge in [-0.3, -0.25) is 0 Å². The second kappa shape index (κ2) is 7.78. The molecule has 0 radical (unpaired) electrons. The van der Waals surface area contributed by atoms with Gasteiger partial charge in [-0.1, -0.05) is 0 Å². The summed E-state index contributed by atoms with van der Waals surface area (Å²) in [6.45, 7) is 3.99. The van der Waals surface area contributed by atoms with Crippen LogP contribution in [0.25, 0.3) is 0 Å². The molecule has 1 saturated heterocycles. The quantitative estimate of drug-likeness (QED) is 0.825. The lowest BCUT2D eigenvalue weighted by Gasteiger charge is -2.23. The van der Waals surface area contributed by atoms with E-state index < -0.39 is 10.0 Å². The van der Waals surface area contributed by atoms with E-state index in [0.717, 1.165) is 13.0 Å². The van der Waals surface area contributed by atoms with Crippen molar-refractivity contribution in [2.75, 3.05) is 26.7 Å². The summed E-state index contributed by atoms with van der Waals surface area (Å²) in [6.07, 6.45) is 0.841. The Morgan fingerprint density at radius 2 is 2.19 bits per heavy atom. The molecule has 21 heavy (non-hydrogen) atoms. The number of hydrogen-bond donors (Lipinski definition) is 1. The van der Waals surface area contributed by atoms with E-state index in [1.807, 2.05) is 6.92 Å². The largest absolute Gasteiger partial charge is 0.493 e. The first-order valence-corrected chi connectivity index (χ1v) is 8.81. The van der Waals surface area contributed by atoms with Crippen LogP contribution in [-0.2, 0) is 10.0 Å². The van der Waals surface area contributed by atoms with Gasteiger partial charge >= 0.3 is 0 Å². The van der Waals surface area contributed by atoms with Gasteiger partial charge in [-0.15, -0.1) is 12.4 Å². The number of rotatable bonds is 5. The molecule has 120 valence electrons. The van der Waals surface area contributed by atoms with Gasteiger partial charge in [0.25, 0.3) is 0 Å². The smallest absolute Gasteiger partial charge is 0.243 e. The summed E-state index contributed by atoms with van der Waals surface area (Å²) in [4.78, 5) is 0.280. The van der Waals surface area contributed by atoms with Gasteiger partial charge < -0.3 is 10.1 Å². The van der Waals surface area contributed by atoms with Crippen molar-refractivity contribution < 1.29 is 13.2 Å². The highest BCUT2D eigenvalue weighted by atomic mass is 79.9. The molecule has 8 heteroatoms. The van der Waals surface area contributed by atoms with Crippen molar-refractivity contribution in [1.29, 1.82) is 0 Å². The average molecular weight is 400 g/mol. The van der Waals surface area contributed by atoms with Crippen molar-refractivity contribution in [3.63, 3.8) is 0 Å². The Hall–Kier alpha value is -0.340. The minimum absolute atomic E-state index is 0. The topological polar surface area (TPSA) is 58.6 Å². The van der Waals surface area contributed by atoms with E-state index in [4.69, 9.17) is 4.74 Å². The Kier molecular flexibility index (Phi) is 6.93.